The van der Waals surface area contributed by atoms with Crippen LogP contribution in [-0.4, -0.2) is 70.8 Å². The van der Waals surface area contributed by atoms with Crippen LogP contribution in [0, 0.1) is 0 Å². The van der Waals surface area contributed by atoms with Crippen molar-refractivity contribution in [3.63, 3.8) is 0 Å². The molecule has 0 aliphatic carbocycles. The summed E-state index contributed by atoms with van der Waals surface area (Å²) in [5.41, 5.74) is 0.888. The number of anilines is 2. The minimum Gasteiger partial charge on any atom is -0.437 e. The molecule has 2 fully saturated rings. The number of para-hydroxylation sites is 1. The fourth-order valence-electron chi connectivity index (χ4n) is 6.91. The van der Waals surface area contributed by atoms with Gasteiger partial charge in [-0.2, -0.15) is 0 Å². The molecule has 0 aromatic heterocycles. The second-order valence-electron chi connectivity index (χ2n) is 12.7. The fraction of sp³-hybridized carbons (Fsp3) is 0.600. The number of Topliss-reactive ketones (excluding diaryl/α,β-unsaturated/α-hetero) is 1. The van der Waals surface area contributed by atoms with E-state index in [0.29, 0.717) is 19.4 Å². The molecular weight excluding hydrogens is 558 g/mol. The van der Waals surface area contributed by atoms with Gasteiger partial charge in [-0.25, -0.2) is 4.79 Å². The molecule has 1 atom stereocenters. The van der Waals surface area contributed by atoms with Crippen molar-refractivity contribution >= 4 is 35.0 Å². The van der Waals surface area contributed by atoms with Gasteiger partial charge in [0.05, 0.1) is 11.4 Å². The number of hydrogen-bond acceptors (Lipinski definition) is 7. The molecular formula is C35H49N3O4S. The molecule has 7 nitrogen and oxygen atoms in total. The number of piperidine rings is 1. The second kappa shape index (κ2) is 14.0. The van der Waals surface area contributed by atoms with Crippen LogP contribution in [0.1, 0.15) is 102 Å². The summed E-state index contributed by atoms with van der Waals surface area (Å²) in [4.78, 5) is 33.8. The molecule has 2 aromatic rings. The zero-order valence-electron chi connectivity index (χ0n) is 26.3. The fourth-order valence-corrected chi connectivity index (χ4v) is 7.99. The molecule has 43 heavy (non-hydrogen) atoms. The summed E-state index contributed by atoms with van der Waals surface area (Å²) in [6.07, 6.45) is 11.4. The van der Waals surface area contributed by atoms with Gasteiger partial charge in [0, 0.05) is 54.4 Å². The summed E-state index contributed by atoms with van der Waals surface area (Å²) in [6.45, 7) is 9.51. The zero-order valence-corrected chi connectivity index (χ0v) is 27.1. The van der Waals surface area contributed by atoms with Gasteiger partial charge in [-0.15, -0.1) is 0 Å². The van der Waals surface area contributed by atoms with E-state index in [2.05, 4.69) is 47.1 Å². The number of carbonyl (C=O) groups is 2. The maximum atomic E-state index is 12.9. The summed E-state index contributed by atoms with van der Waals surface area (Å²) in [5.74, 6) is 0.0775. The number of carbonyl (C=O) groups excluding carboxylic acids is 2. The highest BCUT2D eigenvalue weighted by Crippen LogP contribution is 2.48. The largest absolute Gasteiger partial charge is 0.437 e. The Morgan fingerprint density at radius 2 is 1.56 bits per heavy atom. The predicted octanol–water partition coefficient (Wildman–Crippen LogP) is 8.02. The predicted molar refractivity (Wildman–Crippen MR) is 173 cm³/mol. The Kier molecular flexibility index (Phi) is 10.4. The van der Waals surface area contributed by atoms with Crippen molar-refractivity contribution in [1.29, 1.82) is 0 Å². The zero-order chi connectivity index (χ0) is 30.5. The van der Waals surface area contributed by atoms with Crippen molar-refractivity contribution in [3.05, 3.63) is 48.0 Å². The molecule has 5 rings (SSSR count). The topological polar surface area (TPSA) is 73.3 Å². The van der Waals surface area contributed by atoms with E-state index >= 15 is 0 Å². The number of rotatable bonds is 14. The minimum absolute atomic E-state index is 0.0775. The number of fused-ring (bicyclic) bond motifs is 2. The minimum atomic E-state index is -1.29. The highest BCUT2D eigenvalue weighted by molar-refractivity contribution is 7.99. The van der Waals surface area contributed by atoms with Gasteiger partial charge in [-0.05, 0) is 57.5 Å². The molecule has 3 heterocycles. The first-order valence-corrected chi connectivity index (χ1v) is 17.2. The van der Waals surface area contributed by atoms with E-state index in [-0.39, 0.29) is 11.9 Å². The SMILES string of the molecule is CCCCCCCCCCN1C(=O)OC2(CCN(CCCN3c4ccccc4Sc4ccc(C(C)=O)cc43)CC2)C1(C)O. The summed E-state index contributed by atoms with van der Waals surface area (Å²) in [7, 11) is 0. The van der Waals surface area contributed by atoms with Crippen LogP contribution in [0.2, 0.25) is 0 Å². The Bertz CT molecular complexity index is 1270. The normalized spacial score (nSPS) is 21.2. The van der Waals surface area contributed by atoms with E-state index in [1.54, 1.807) is 30.5 Å². The molecule has 0 bridgehead atoms. The monoisotopic (exact) mass is 607 g/mol. The van der Waals surface area contributed by atoms with Crippen molar-refractivity contribution in [1.82, 2.24) is 9.80 Å². The van der Waals surface area contributed by atoms with E-state index in [9.17, 15) is 14.7 Å². The molecule has 0 saturated carbocycles. The molecule has 234 valence electrons. The Balaban J connectivity index is 1.13. The van der Waals surface area contributed by atoms with Gasteiger partial charge < -0.3 is 19.6 Å². The molecule has 2 aromatic carbocycles. The van der Waals surface area contributed by atoms with E-state index in [1.165, 1.54) is 54.0 Å². The summed E-state index contributed by atoms with van der Waals surface area (Å²) >= 11 is 1.76. The molecule has 1 spiro atoms. The van der Waals surface area contributed by atoms with E-state index in [1.807, 2.05) is 12.1 Å². The van der Waals surface area contributed by atoms with Gasteiger partial charge in [0.25, 0.3) is 0 Å². The lowest BCUT2D eigenvalue weighted by Crippen LogP contribution is -2.60. The van der Waals surface area contributed by atoms with Crippen molar-refractivity contribution < 1.29 is 19.4 Å². The maximum Gasteiger partial charge on any atom is 0.412 e. The van der Waals surface area contributed by atoms with Crippen molar-refractivity contribution in [2.24, 2.45) is 0 Å². The molecule has 1 amide bonds. The third kappa shape index (κ3) is 6.91. The number of ketones is 1. The number of aliphatic hydroxyl groups is 1. The van der Waals surface area contributed by atoms with Crippen molar-refractivity contribution in [3.8, 4) is 0 Å². The molecule has 0 radical (unpaired) electrons. The lowest BCUT2D eigenvalue weighted by Gasteiger charge is -2.45. The highest BCUT2D eigenvalue weighted by atomic mass is 32.2. The average molecular weight is 608 g/mol. The number of amides is 1. The smallest absolute Gasteiger partial charge is 0.412 e. The molecule has 3 aliphatic heterocycles. The van der Waals surface area contributed by atoms with Gasteiger partial charge in [0.1, 0.15) is 0 Å². The Morgan fingerprint density at radius 3 is 2.28 bits per heavy atom. The van der Waals surface area contributed by atoms with Gasteiger partial charge in [0.2, 0.25) is 0 Å². The van der Waals surface area contributed by atoms with Crippen LogP contribution in [0.4, 0.5) is 16.2 Å². The number of nitrogens with zero attached hydrogens (tertiary/aromatic N) is 3. The second-order valence-corrected chi connectivity index (χ2v) is 13.7. The molecule has 2 saturated heterocycles. The standard InChI is InChI=1S/C35H49N3O4S/c1-4-5-6-7-8-9-10-13-23-38-33(40)42-35(34(38,3)41)19-24-36(25-20-35)21-14-22-37-29-15-11-12-16-31(29)43-32-18-17-28(27(2)39)26-30(32)37/h11-12,15-18,26,41H,4-10,13-14,19-25H2,1-3H3. The lowest BCUT2D eigenvalue weighted by molar-refractivity contribution is -0.165. The lowest BCUT2D eigenvalue weighted by atomic mass is 9.82. The van der Waals surface area contributed by atoms with Crippen LogP contribution in [0.25, 0.3) is 0 Å². The Morgan fingerprint density at radius 1 is 0.884 bits per heavy atom. The van der Waals surface area contributed by atoms with E-state index in [4.69, 9.17) is 4.74 Å². The van der Waals surface area contributed by atoms with Gasteiger partial charge in [-0.1, -0.05) is 81.8 Å². The summed E-state index contributed by atoms with van der Waals surface area (Å²) in [5, 5.41) is 11.6. The van der Waals surface area contributed by atoms with Crippen molar-refractivity contribution in [2.75, 3.05) is 37.6 Å². The van der Waals surface area contributed by atoms with Crippen LogP contribution >= 0.6 is 11.8 Å². The van der Waals surface area contributed by atoms with Crippen LogP contribution in [-0.2, 0) is 4.74 Å². The van der Waals surface area contributed by atoms with Crippen LogP contribution in [0.5, 0.6) is 0 Å². The van der Waals surface area contributed by atoms with Crippen LogP contribution in [0.15, 0.2) is 52.3 Å². The first-order chi connectivity index (χ1) is 20.8. The first kappa shape index (κ1) is 31.9. The molecule has 3 aliphatic rings. The van der Waals surface area contributed by atoms with E-state index in [0.717, 1.165) is 56.7 Å². The highest BCUT2D eigenvalue weighted by Gasteiger charge is 2.62. The summed E-state index contributed by atoms with van der Waals surface area (Å²) in [6, 6.07) is 14.5. The third-order valence-electron chi connectivity index (χ3n) is 9.68. The average Bonchev–Trinajstić information content (AvgIpc) is 3.18. The Hall–Kier alpha value is -2.55. The first-order valence-electron chi connectivity index (χ1n) is 16.4. The van der Waals surface area contributed by atoms with Gasteiger partial charge in [-0.3, -0.25) is 9.69 Å². The summed E-state index contributed by atoms with van der Waals surface area (Å²) < 4.78 is 5.97. The van der Waals surface area contributed by atoms with Gasteiger partial charge >= 0.3 is 6.09 Å². The number of likely N-dealkylation sites (tertiary alicyclic amines) is 1. The Labute approximate surface area is 261 Å². The van der Waals surface area contributed by atoms with Gasteiger partial charge in [0.15, 0.2) is 17.1 Å². The molecule has 1 unspecified atom stereocenters. The number of hydrogen-bond donors (Lipinski definition) is 1. The van der Waals surface area contributed by atoms with E-state index < -0.39 is 11.3 Å². The molecule has 1 N–H and O–H groups in total. The molecule has 8 heteroatoms. The quantitative estimate of drug-likeness (QED) is 0.172. The number of unbranched alkanes of at least 4 members (excludes halogenated alkanes) is 7. The van der Waals surface area contributed by atoms with Crippen LogP contribution < -0.4 is 4.90 Å². The third-order valence-corrected chi connectivity index (χ3v) is 10.8. The number of ether oxygens (including phenoxy) is 1. The van der Waals surface area contributed by atoms with Crippen molar-refractivity contribution in [2.45, 2.75) is 113 Å². The number of benzene rings is 2. The maximum absolute atomic E-state index is 12.9. The van der Waals surface area contributed by atoms with Crippen LogP contribution in [0.3, 0.4) is 0 Å².